The molecule has 2 heterocycles. The fourth-order valence-corrected chi connectivity index (χ4v) is 4.60. The Labute approximate surface area is 167 Å². The van der Waals surface area contributed by atoms with Gasteiger partial charge in [0.2, 0.25) is 5.91 Å². The number of rotatable bonds is 4. The average Bonchev–Trinajstić information content (AvgIpc) is 3.01. The van der Waals surface area contributed by atoms with Gasteiger partial charge >= 0.3 is 0 Å². The standard InChI is InChI=1S/C17H21ClFN5O3S/c1-4-24-9-12(10(2)21-24)15-8-16(23(3)28(26,27)22-15)17(25)20-11-5-6-14(19)13(18)7-11/h5-7,9,15-16,22H,4,8H2,1-3H3,(H,20,25)/t15-,16+/m1/s1. The molecule has 0 bridgehead atoms. The molecule has 1 amide bonds. The Morgan fingerprint density at radius 2 is 2.18 bits per heavy atom. The van der Waals surface area contributed by atoms with Crippen LogP contribution in [0.25, 0.3) is 0 Å². The van der Waals surface area contributed by atoms with E-state index in [9.17, 15) is 17.6 Å². The first kappa shape index (κ1) is 20.7. The number of carbonyl (C=O) groups is 1. The van der Waals surface area contributed by atoms with Crippen molar-refractivity contribution in [1.82, 2.24) is 18.8 Å². The molecule has 8 nitrogen and oxygen atoms in total. The molecule has 0 unspecified atom stereocenters. The minimum Gasteiger partial charge on any atom is -0.325 e. The molecule has 1 fully saturated rings. The van der Waals surface area contributed by atoms with E-state index < -0.39 is 34.0 Å². The number of nitrogens with zero attached hydrogens (tertiary/aromatic N) is 3. The summed E-state index contributed by atoms with van der Waals surface area (Å²) in [7, 11) is -2.54. The number of amides is 1. The number of halogens is 2. The molecule has 2 aromatic rings. The third kappa shape index (κ3) is 4.04. The van der Waals surface area contributed by atoms with Crippen molar-refractivity contribution in [3.05, 3.63) is 46.5 Å². The quantitative estimate of drug-likeness (QED) is 0.778. The molecule has 1 aliphatic heterocycles. The van der Waals surface area contributed by atoms with Crippen LogP contribution in [0.2, 0.25) is 5.02 Å². The van der Waals surface area contributed by atoms with Crippen molar-refractivity contribution >= 4 is 33.4 Å². The van der Waals surface area contributed by atoms with E-state index in [0.717, 1.165) is 15.9 Å². The first-order chi connectivity index (χ1) is 13.1. The number of benzene rings is 1. The second-order valence-electron chi connectivity index (χ2n) is 6.59. The minimum absolute atomic E-state index is 0.135. The van der Waals surface area contributed by atoms with Crippen LogP contribution >= 0.6 is 11.6 Å². The van der Waals surface area contributed by atoms with Crippen LogP contribution in [-0.4, -0.2) is 41.5 Å². The molecule has 28 heavy (non-hydrogen) atoms. The number of carbonyl (C=O) groups excluding carboxylic acids is 1. The SMILES string of the molecule is CCn1cc([C@H]2C[C@@H](C(=O)Nc3ccc(F)c(Cl)c3)N(C)S(=O)(=O)N2)c(C)n1. The van der Waals surface area contributed by atoms with Gasteiger partial charge in [0, 0.05) is 31.0 Å². The molecule has 2 N–H and O–H groups in total. The van der Waals surface area contributed by atoms with Crippen molar-refractivity contribution in [2.24, 2.45) is 0 Å². The summed E-state index contributed by atoms with van der Waals surface area (Å²) in [5.74, 6) is -1.13. The molecule has 0 radical (unpaired) electrons. The molecule has 3 rings (SSSR count). The Balaban J connectivity index is 1.86. The highest BCUT2D eigenvalue weighted by molar-refractivity contribution is 7.87. The van der Waals surface area contributed by atoms with E-state index in [1.165, 1.54) is 19.2 Å². The molecular weight excluding hydrogens is 409 g/mol. The summed E-state index contributed by atoms with van der Waals surface area (Å²) in [6.07, 6.45) is 2.00. The molecule has 152 valence electrons. The second kappa shape index (κ2) is 7.78. The lowest BCUT2D eigenvalue weighted by atomic mass is 10.00. The highest BCUT2D eigenvalue weighted by Gasteiger charge is 2.41. The topological polar surface area (TPSA) is 96.3 Å². The molecule has 1 aromatic heterocycles. The van der Waals surface area contributed by atoms with Gasteiger partial charge in [0.05, 0.1) is 16.8 Å². The summed E-state index contributed by atoms with van der Waals surface area (Å²) >= 11 is 5.74. The van der Waals surface area contributed by atoms with Gasteiger partial charge in [-0.25, -0.2) is 4.39 Å². The van der Waals surface area contributed by atoms with Gasteiger partial charge < -0.3 is 5.32 Å². The zero-order chi connectivity index (χ0) is 20.6. The minimum atomic E-state index is -3.87. The molecule has 0 saturated carbocycles. The maximum atomic E-state index is 13.3. The van der Waals surface area contributed by atoms with Crippen molar-refractivity contribution in [2.75, 3.05) is 12.4 Å². The van der Waals surface area contributed by atoms with Crippen LogP contribution in [-0.2, 0) is 21.5 Å². The number of hydrogen-bond donors (Lipinski definition) is 2. The van der Waals surface area contributed by atoms with Gasteiger partial charge in [0.15, 0.2) is 0 Å². The van der Waals surface area contributed by atoms with Crippen LogP contribution in [0.15, 0.2) is 24.4 Å². The third-order valence-electron chi connectivity index (χ3n) is 4.74. The lowest BCUT2D eigenvalue weighted by Crippen LogP contribution is -2.56. The molecule has 1 aliphatic rings. The van der Waals surface area contributed by atoms with E-state index in [4.69, 9.17) is 11.6 Å². The van der Waals surface area contributed by atoms with Crippen LogP contribution in [0.1, 0.15) is 30.6 Å². The molecular formula is C17H21ClFN5O3S. The van der Waals surface area contributed by atoms with E-state index in [2.05, 4.69) is 15.1 Å². The maximum Gasteiger partial charge on any atom is 0.280 e. The van der Waals surface area contributed by atoms with Crippen LogP contribution < -0.4 is 10.0 Å². The lowest BCUT2D eigenvalue weighted by Gasteiger charge is -2.36. The van der Waals surface area contributed by atoms with E-state index in [0.29, 0.717) is 12.2 Å². The van der Waals surface area contributed by atoms with E-state index in [-0.39, 0.29) is 17.1 Å². The van der Waals surface area contributed by atoms with Gasteiger partial charge in [-0.1, -0.05) is 11.6 Å². The zero-order valence-corrected chi connectivity index (χ0v) is 17.2. The highest BCUT2D eigenvalue weighted by Crippen LogP contribution is 2.30. The van der Waals surface area contributed by atoms with Crippen LogP contribution in [0.4, 0.5) is 10.1 Å². The number of aryl methyl sites for hydroxylation is 2. The van der Waals surface area contributed by atoms with Crippen LogP contribution in [0.3, 0.4) is 0 Å². The Morgan fingerprint density at radius 3 is 2.79 bits per heavy atom. The lowest BCUT2D eigenvalue weighted by molar-refractivity contribution is -0.120. The summed E-state index contributed by atoms with van der Waals surface area (Å²) in [4.78, 5) is 12.8. The average molecular weight is 430 g/mol. The maximum absolute atomic E-state index is 13.3. The van der Waals surface area contributed by atoms with Gasteiger partial charge in [-0.3, -0.25) is 9.48 Å². The number of hydrogen-bond acceptors (Lipinski definition) is 4. The van der Waals surface area contributed by atoms with Gasteiger partial charge in [-0.15, -0.1) is 0 Å². The molecule has 11 heteroatoms. The van der Waals surface area contributed by atoms with Crippen molar-refractivity contribution < 1.29 is 17.6 Å². The predicted octanol–water partition coefficient (Wildman–Crippen LogP) is 2.22. The van der Waals surface area contributed by atoms with Crippen LogP contribution in [0, 0.1) is 12.7 Å². The zero-order valence-electron chi connectivity index (χ0n) is 15.6. The Morgan fingerprint density at radius 1 is 1.46 bits per heavy atom. The Bertz CT molecular complexity index is 1010. The number of likely N-dealkylation sites (N-methyl/N-ethyl adjacent to an activating group) is 1. The smallest absolute Gasteiger partial charge is 0.280 e. The number of aromatic nitrogens is 2. The molecule has 0 spiro atoms. The summed E-state index contributed by atoms with van der Waals surface area (Å²) in [5.41, 5.74) is 1.71. The Hall–Kier alpha value is -2.01. The monoisotopic (exact) mass is 429 g/mol. The summed E-state index contributed by atoms with van der Waals surface area (Å²) in [6, 6.07) is 2.23. The second-order valence-corrected chi connectivity index (χ2v) is 8.76. The molecule has 1 saturated heterocycles. The summed E-state index contributed by atoms with van der Waals surface area (Å²) in [5, 5.41) is 6.82. The fraction of sp³-hybridized carbons (Fsp3) is 0.412. The first-order valence-electron chi connectivity index (χ1n) is 8.67. The van der Waals surface area contributed by atoms with Gasteiger partial charge in [0.1, 0.15) is 11.9 Å². The third-order valence-corrected chi connectivity index (χ3v) is 6.63. The summed E-state index contributed by atoms with van der Waals surface area (Å²) in [6.45, 7) is 4.37. The number of anilines is 1. The van der Waals surface area contributed by atoms with Gasteiger partial charge in [-0.2, -0.15) is 22.5 Å². The van der Waals surface area contributed by atoms with Crippen molar-refractivity contribution in [3.8, 4) is 0 Å². The van der Waals surface area contributed by atoms with Crippen LogP contribution in [0.5, 0.6) is 0 Å². The van der Waals surface area contributed by atoms with Crippen molar-refractivity contribution in [3.63, 3.8) is 0 Å². The molecule has 1 aromatic carbocycles. The summed E-state index contributed by atoms with van der Waals surface area (Å²) < 4.78 is 43.7. The van der Waals surface area contributed by atoms with E-state index in [1.54, 1.807) is 17.8 Å². The largest absolute Gasteiger partial charge is 0.325 e. The van der Waals surface area contributed by atoms with Gasteiger partial charge in [0.25, 0.3) is 10.2 Å². The fourth-order valence-electron chi connectivity index (χ4n) is 3.15. The van der Waals surface area contributed by atoms with Gasteiger partial charge in [-0.05, 0) is 38.5 Å². The molecule has 2 atom stereocenters. The Kier molecular flexibility index (Phi) is 5.76. The van der Waals surface area contributed by atoms with E-state index in [1.807, 2.05) is 6.92 Å². The molecule has 0 aliphatic carbocycles. The highest BCUT2D eigenvalue weighted by atomic mass is 35.5. The normalized spacial score (nSPS) is 22.2. The van der Waals surface area contributed by atoms with Crippen molar-refractivity contribution in [1.29, 1.82) is 0 Å². The van der Waals surface area contributed by atoms with Crippen molar-refractivity contribution in [2.45, 2.75) is 38.9 Å². The first-order valence-corrected chi connectivity index (χ1v) is 10.5. The predicted molar refractivity (Wildman–Crippen MR) is 104 cm³/mol. The number of nitrogens with one attached hydrogen (secondary N) is 2. The van der Waals surface area contributed by atoms with E-state index >= 15 is 0 Å².